The van der Waals surface area contributed by atoms with E-state index in [1.54, 1.807) is 30.5 Å². The largest absolute Gasteiger partial charge is 0.416 e. The van der Waals surface area contributed by atoms with E-state index in [1.165, 1.54) is 0 Å². The van der Waals surface area contributed by atoms with Crippen molar-refractivity contribution in [2.45, 2.75) is 31.9 Å². The fourth-order valence-corrected chi connectivity index (χ4v) is 5.71. The zero-order valence-corrected chi connectivity index (χ0v) is 22.5. The number of halogens is 3. The highest BCUT2D eigenvalue weighted by Gasteiger charge is 2.37. The number of ether oxygens (including phenoxy) is 1. The van der Waals surface area contributed by atoms with Gasteiger partial charge in [0.25, 0.3) is 5.91 Å². The first kappa shape index (κ1) is 27.2. The highest BCUT2D eigenvalue weighted by molar-refractivity contribution is 6.04. The first-order valence-corrected chi connectivity index (χ1v) is 13.5. The van der Waals surface area contributed by atoms with Crippen molar-refractivity contribution in [2.24, 2.45) is 5.41 Å². The number of nitrogens with one attached hydrogen (secondary N) is 1. The number of alkyl halides is 3. The van der Waals surface area contributed by atoms with E-state index in [0.29, 0.717) is 17.0 Å². The van der Waals surface area contributed by atoms with Crippen LogP contribution in [-0.2, 0) is 10.9 Å². The highest BCUT2D eigenvalue weighted by Crippen LogP contribution is 2.36. The maximum Gasteiger partial charge on any atom is 0.416 e. The lowest BCUT2D eigenvalue weighted by atomic mass is 9.86. The number of imidazole rings is 1. The van der Waals surface area contributed by atoms with Crippen LogP contribution in [0.5, 0.6) is 0 Å². The summed E-state index contributed by atoms with van der Waals surface area (Å²) in [5.41, 5.74) is 8.01. The number of carbonyl (C=O) groups is 1. The number of amides is 1. The van der Waals surface area contributed by atoms with Crippen molar-refractivity contribution < 1.29 is 22.7 Å². The number of likely N-dealkylation sites (tertiary alicyclic amines) is 1. The Morgan fingerprint density at radius 1 is 1.17 bits per heavy atom. The first-order chi connectivity index (χ1) is 19.6. The molecule has 3 aromatic heterocycles. The number of aromatic nitrogens is 4. The Morgan fingerprint density at radius 3 is 2.66 bits per heavy atom. The molecule has 1 aromatic carbocycles. The number of carbonyl (C=O) groups excluding carboxylic acids is 1. The Balaban J connectivity index is 1.25. The van der Waals surface area contributed by atoms with Gasteiger partial charge in [-0.05, 0) is 43.7 Å². The van der Waals surface area contributed by atoms with E-state index in [0.717, 1.165) is 75.4 Å². The molecule has 6 rings (SSSR count). The summed E-state index contributed by atoms with van der Waals surface area (Å²) in [6.45, 7) is 6.76. The van der Waals surface area contributed by atoms with Crippen LogP contribution in [0.2, 0.25) is 0 Å². The molecule has 0 bridgehead atoms. The molecule has 12 heteroatoms. The number of nitrogens with two attached hydrogens (primary N) is 1. The smallest absolute Gasteiger partial charge is 0.382 e. The Hall–Kier alpha value is -4.03. The zero-order chi connectivity index (χ0) is 28.8. The van der Waals surface area contributed by atoms with Gasteiger partial charge in [0, 0.05) is 54.1 Å². The molecule has 2 fully saturated rings. The average Bonchev–Trinajstić information content (AvgIpc) is 3.33. The molecule has 2 aliphatic heterocycles. The highest BCUT2D eigenvalue weighted by atomic mass is 19.4. The maximum atomic E-state index is 13.0. The molecule has 9 nitrogen and oxygen atoms in total. The molecular weight excluding hydrogens is 535 g/mol. The van der Waals surface area contributed by atoms with E-state index in [4.69, 9.17) is 15.5 Å². The molecule has 1 amide bonds. The fraction of sp³-hybridized carbons (Fsp3) is 0.379. The molecule has 1 unspecified atom stereocenters. The lowest BCUT2D eigenvalue weighted by molar-refractivity contribution is -0.137. The van der Waals surface area contributed by atoms with Gasteiger partial charge in [-0.3, -0.25) is 9.20 Å². The van der Waals surface area contributed by atoms with Crippen LogP contribution in [0.1, 0.15) is 47.4 Å². The molecule has 1 atom stereocenters. The Morgan fingerprint density at radius 2 is 1.95 bits per heavy atom. The van der Waals surface area contributed by atoms with Crippen molar-refractivity contribution in [3.05, 3.63) is 71.9 Å². The number of rotatable bonds is 6. The summed E-state index contributed by atoms with van der Waals surface area (Å²) in [5.74, 6) is 0.721. The summed E-state index contributed by atoms with van der Waals surface area (Å²) >= 11 is 0. The van der Waals surface area contributed by atoms with Crippen LogP contribution in [0.25, 0.3) is 16.8 Å². The Labute approximate surface area is 234 Å². The van der Waals surface area contributed by atoms with Crippen molar-refractivity contribution in [3.63, 3.8) is 0 Å². The number of anilines is 2. The van der Waals surface area contributed by atoms with Gasteiger partial charge in [0.1, 0.15) is 28.7 Å². The van der Waals surface area contributed by atoms with E-state index >= 15 is 0 Å². The molecule has 214 valence electrons. The minimum atomic E-state index is -4.54. The van der Waals surface area contributed by atoms with Crippen LogP contribution in [0.4, 0.5) is 24.8 Å². The number of nitrogen functional groups attached to an aromatic ring is 1. The number of piperidine rings is 1. The third-order valence-electron chi connectivity index (χ3n) is 7.74. The van der Waals surface area contributed by atoms with Gasteiger partial charge in [-0.25, -0.2) is 15.0 Å². The molecule has 5 heterocycles. The van der Waals surface area contributed by atoms with Crippen LogP contribution in [0, 0.1) is 5.41 Å². The summed E-state index contributed by atoms with van der Waals surface area (Å²) in [7, 11) is 0. The fourth-order valence-electron chi connectivity index (χ4n) is 5.71. The summed E-state index contributed by atoms with van der Waals surface area (Å²) < 4.78 is 46.5. The number of hydrogen-bond donors (Lipinski definition) is 2. The predicted molar refractivity (Wildman–Crippen MR) is 147 cm³/mol. The molecule has 3 N–H and O–H groups in total. The quantitative estimate of drug-likeness (QED) is 0.344. The lowest BCUT2D eigenvalue weighted by Gasteiger charge is -2.44. The summed E-state index contributed by atoms with van der Waals surface area (Å²) in [6, 6.07) is 8.34. The van der Waals surface area contributed by atoms with Crippen LogP contribution in [-0.4, -0.2) is 63.0 Å². The Bertz CT molecular complexity index is 1580. The number of hydrogen-bond acceptors (Lipinski definition) is 7. The second-order valence-corrected chi connectivity index (χ2v) is 11.2. The van der Waals surface area contributed by atoms with Crippen molar-refractivity contribution in [1.29, 1.82) is 0 Å². The van der Waals surface area contributed by atoms with E-state index in [1.807, 2.05) is 10.6 Å². The zero-order valence-electron chi connectivity index (χ0n) is 22.5. The standard InChI is InChI=1S/C29H30F3N7O2/c1-28(16-41-17-28)15-38-11-2-3-20(14-38)26-37-23(24-25(33)35-10-12-39(24)26)18-4-6-19(7-5-18)27(40)36-22-13-21(8-9-34-22)29(30,31)32/h4-10,12-13,20H,2-3,11,14-17H2,1H3,(H2,33,35)(H,34,36,40). The van der Waals surface area contributed by atoms with Crippen LogP contribution < -0.4 is 11.1 Å². The predicted octanol–water partition coefficient (Wildman–Crippen LogP) is 4.86. The molecule has 0 saturated carbocycles. The van der Waals surface area contributed by atoms with Gasteiger partial charge >= 0.3 is 6.18 Å². The van der Waals surface area contributed by atoms with Gasteiger partial charge < -0.3 is 20.7 Å². The number of fused-ring (bicyclic) bond motifs is 1. The maximum absolute atomic E-state index is 13.0. The summed E-state index contributed by atoms with van der Waals surface area (Å²) in [5, 5.41) is 2.43. The summed E-state index contributed by atoms with van der Waals surface area (Å²) in [6.07, 6.45) is 2.09. The van der Waals surface area contributed by atoms with Gasteiger partial charge in [0.05, 0.1) is 18.8 Å². The summed E-state index contributed by atoms with van der Waals surface area (Å²) in [4.78, 5) is 28.4. The van der Waals surface area contributed by atoms with Crippen LogP contribution in [0.3, 0.4) is 0 Å². The van der Waals surface area contributed by atoms with Crippen molar-refractivity contribution in [1.82, 2.24) is 24.3 Å². The molecule has 2 saturated heterocycles. The topological polar surface area (TPSA) is 111 Å². The van der Waals surface area contributed by atoms with Crippen molar-refractivity contribution >= 4 is 23.1 Å². The minimum absolute atomic E-state index is 0.183. The second-order valence-electron chi connectivity index (χ2n) is 11.2. The van der Waals surface area contributed by atoms with Gasteiger partial charge in [-0.2, -0.15) is 13.2 Å². The van der Waals surface area contributed by atoms with Crippen molar-refractivity contribution in [3.8, 4) is 11.3 Å². The van der Waals surface area contributed by atoms with Gasteiger partial charge in [-0.15, -0.1) is 0 Å². The molecule has 0 spiro atoms. The van der Waals surface area contributed by atoms with Crippen LogP contribution >= 0.6 is 0 Å². The van der Waals surface area contributed by atoms with Gasteiger partial charge in [-0.1, -0.05) is 19.1 Å². The number of nitrogens with zero attached hydrogens (tertiary/aromatic N) is 5. The Kier molecular flexibility index (Phi) is 6.90. The van der Waals surface area contributed by atoms with E-state index < -0.39 is 17.6 Å². The lowest BCUT2D eigenvalue weighted by Crippen LogP contribution is -2.50. The first-order valence-electron chi connectivity index (χ1n) is 13.5. The van der Waals surface area contributed by atoms with Gasteiger partial charge in [0.15, 0.2) is 0 Å². The van der Waals surface area contributed by atoms with Gasteiger partial charge in [0.2, 0.25) is 0 Å². The molecule has 0 radical (unpaired) electrons. The van der Waals surface area contributed by atoms with E-state index in [2.05, 4.69) is 27.1 Å². The number of pyridine rings is 1. The molecular formula is C29H30F3N7O2. The SMILES string of the molecule is CC1(CN2CCCC(c3nc(-c4ccc(C(=O)Nc5cc(C(F)(F)F)ccn5)cc4)c4c(N)nccn34)C2)COC1. The molecule has 0 aliphatic carbocycles. The molecule has 2 aliphatic rings. The third kappa shape index (κ3) is 5.49. The molecule has 41 heavy (non-hydrogen) atoms. The molecule has 4 aromatic rings. The monoisotopic (exact) mass is 565 g/mol. The third-order valence-corrected chi connectivity index (χ3v) is 7.74. The average molecular weight is 566 g/mol. The number of benzene rings is 1. The van der Waals surface area contributed by atoms with E-state index in [-0.39, 0.29) is 22.7 Å². The normalized spacial score (nSPS) is 19.2. The van der Waals surface area contributed by atoms with Crippen LogP contribution in [0.15, 0.2) is 55.0 Å². The minimum Gasteiger partial charge on any atom is -0.382 e. The van der Waals surface area contributed by atoms with E-state index in [9.17, 15) is 18.0 Å². The second kappa shape index (κ2) is 10.4. The van der Waals surface area contributed by atoms with Crippen molar-refractivity contribution in [2.75, 3.05) is 43.9 Å².